The second-order valence-corrected chi connectivity index (χ2v) is 6.73. The van der Waals surface area contributed by atoms with Gasteiger partial charge in [-0.2, -0.15) is 0 Å². The van der Waals surface area contributed by atoms with Gasteiger partial charge < -0.3 is 20.1 Å². The Bertz CT molecular complexity index is 530. The fraction of sp³-hybridized carbons (Fsp3) is 0.588. The Morgan fingerprint density at radius 3 is 2.78 bits per heavy atom. The molecule has 2 N–H and O–H groups in total. The van der Waals surface area contributed by atoms with E-state index in [0.717, 1.165) is 18.4 Å². The summed E-state index contributed by atoms with van der Waals surface area (Å²) in [6.45, 7) is 3.84. The van der Waals surface area contributed by atoms with Gasteiger partial charge in [0.25, 0.3) is 0 Å². The number of carbonyl (C=O) groups excluding carboxylic acids is 1. The van der Waals surface area contributed by atoms with Gasteiger partial charge in [-0.1, -0.05) is 23.7 Å². The van der Waals surface area contributed by atoms with Crippen LogP contribution in [-0.4, -0.2) is 55.5 Å². The number of nitrogens with one attached hydrogen (secondary N) is 1. The van der Waals surface area contributed by atoms with E-state index in [1.165, 1.54) is 4.90 Å². The SMILES string of the molecule is CC(O)CN(C)C(=O)NCC1(c2cccc(Cl)c2)CCOCC1. The van der Waals surface area contributed by atoms with Crippen LogP contribution in [-0.2, 0) is 10.2 Å². The number of rotatable bonds is 5. The monoisotopic (exact) mass is 340 g/mol. The molecule has 1 aromatic carbocycles. The van der Waals surface area contributed by atoms with Crippen molar-refractivity contribution in [1.29, 1.82) is 0 Å². The van der Waals surface area contributed by atoms with Crippen LogP contribution in [0, 0.1) is 0 Å². The lowest BCUT2D eigenvalue weighted by molar-refractivity contribution is 0.0500. The van der Waals surface area contributed by atoms with E-state index in [1.54, 1.807) is 14.0 Å². The molecule has 1 saturated heterocycles. The maximum Gasteiger partial charge on any atom is 0.317 e. The van der Waals surface area contributed by atoms with Crippen molar-refractivity contribution in [3.8, 4) is 0 Å². The van der Waals surface area contributed by atoms with Crippen LogP contribution < -0.4 is 5.32 Å². The zero-order valence-corrected chi connectivity index (χ0v) is 14.5. The second-order valence-electron chi connectivity index (χ2n) is 6.29. The molecule has 0 aliphatic carbocycles. The standard InChI is InChI=1S/C17H25ClN2O3/c1-13(21)11-20(2)16(22)19-12-17(6-8-23-9-7-17)14-4-3-5-15(18)10-14/h3-5,10,13,21H,6-9,11-12H2,1-2H3,(H,19,22). The smallest absolute Gasteiger partial charge is 0.317 e. The van der Waals surface area contributed by atoms with Gasteiger partial charge >= 0.3 is 6.03 Å². The molecule has 1 aliphatic heterocycles. The minimum Gasteiger partial charge on any atom is -0.392 e. The fourth-order valence-electron chi connectivity index (χ4n) is 3.01. The Labute approximate surface area is 142 Å². The van der Waals surface area contributed by atoms with Gasteiger partial charge in [0.15, 0.2) is 0 Å². The number of aliphatic hydroxyl groups is 1. The Kier molecular flexibility index (Phi) is 6.27. The third kappa shape index (κ3) is 4.83. The molecule has 1 aliphatic rings. The highest BCUT2D eigenvalue weighted by atomic mass is 35.5. The number of aliphatic hydroxyl groups excluding tert-OH is 1. The number of hydrogen-bond donors (Lipinski definition) is 2. The lowest BCUT2D eigenvalue weighted by Gasteiger charge is -2.38. The molecular formula is C17H25ClN2O3. The molecule has 2 amide bonds. The van der Waals surface area contributed by atoms with Crippen molar-refractivity contribution in [2.75, 3.05) is 33.4 Å². The van der Waals surface area contributed by atoms with Crippen molar-refractivity contribution in [3.63, 3.8) is 0 Å². The van der Waals surface area contributed by atoms with Crippen LogP contribution in [0.15, 0.2) is 24.3 Å². The molecule has 0 spiro atoms. The molecule has 1 fully saturated rings. The van der Waals surface area contributed by atoms with E-state index < -0.39 is 6.10 Å². The summed E-state index contributed by atoms with van der Waals surface area (Å²) in [7, 11) is 1.68. The number of hydrogen-bond acceptors (Lipinski definition) is 3. The van der Waals surface area contributed by atoms with Gasteiger partial charge in [0.05, 0.1) is 6.10 Å². The summed E-state index contributed by atoms with van der Waals surface area (Å²) in [5.74, 6) is 0. The van der Waals surface area contributed by atoms with Crippen molar-refractivity contribution in [1.82, 2.24) is 10.2 Å². The first-order chi connectivity index (χ1) is 10.9. The molecular weight excluding hydrogens is 316 g/mol. The lowest BCUT2D eigenvalue weighted by atomic mass is 9.74. The Morgan fingerprint density at radius 2 is 2.17 bits per heavy atom. The summed E-state index contributed by atoms with van der Waals surface area (Å²) in [5.41, 5.74) is 0.969. The highest BCUT2D eigenvalue weighted by Crippen LogP contribution is 2.35. The molecule has 1 unspecified atom stereocenters. The highest BCUT2D eigenvalue weighted by molar-refractivity contribution is 6.30. The molecule has 2 rings (SSSR count). The van der Waals surface area contributed by atoms with Gasteiger partial charge in [-0.05, 0) is 37.5 Å². The number of nitrogens with zero attached hydrogens (tertiary/aromatic N) is 1. The van der Waals surface area contributed by atoms with Gasteiger partial charge in [0.1, 0.15) is 0 Å². The first-order valence-corrected chi connectivity index (χ1v) is 8.31. The van der Waals surface area contributed by atoms with E-state index in [-0.39, 0.29) is 11.4 Å². The molecule has 0 saturated carbocycles. The van der Waals surface area contributed by atoms with E-state index in [0.29, 0.717) is 31.3 Å². The number of urea groups is 1. The summed E-state index contributed by atoms with van der Waals surface area (Å²) in [4.78, 5) is 13.7. The first kappa shape index (κ1) is 18.0. The molecule has 0 aromatic heterocycles. The molecule has 1 aromatic rings. The molecule has 0 radical (unpaired) electrons. The maximum atomic E-state index is 12.2. The number of ether oxygens (including phenoxy) is 1. The van der Waals surface area contributed by atoms with E-state index in [1.807, 2.05) is 18.2 Å². The predicted molar refractivity (Wildman–Crippen MR) is 90.9 cm³/mol. The fourth-order valence-corrected chi connectivity index (χ4v) is 3.20. The van der Waals surface area contributed by atoms with Gasteiger partial charge in [0.2, 0.25) is 0 Å². The van der Waals surface area contributed by atoms with Crippen LogP contribution >= 0.6 is 11.6 Å². The third-order valence-corrected chi connectivity index (χ3v) is 4.58. The predicted octanol–water partition coefficient (Wildman–Crippen LogP) is 2.41. The Hall–Kier alpha value is -1.30. The maximum absolute atomic E-state index is 12.2. The minimum atomic E-state index is -0.546. The molecule has 1 atom stereocenters. The van der Waals surface area contributed by atoms with Gasteiger partial charge in [-0.3, -0.25) is 0 Å². The highest BCUT2D eigenvalue weighted by Gasteiger charge is 2.35. The number of carbonyl (C=O) groups is 1. The topological polar surface area (TPSA) is 61.8 Å². The van der Waals surface area contributed by atoms with Gasteiger partial charge in [0, 0.05) is 43.8 Å². The van der Waals surface area contributed by atoms with Crippen LogP contribution in [0.2, 0.25) is 5.02 Å². The second kappa shape index (κ2) is 7.99. The van der Waals surface area contributed by atoms with Crippen molar-refractivity contribution < 1.29 is 14.6 Å². The summed E-state index contributed by atoms with van der Waals surface area (Å²) >= 11 is 6.14. The lowest BCUT2D eigenvalue weighted by Crippen LogP contribution is -2.48. The largest absolute Gasteiger partial charge is 0.392 e. The number of amides is 2. The Morgan fingerprint density at radius 1 is 1.48 bits per heavy atom. The molecule has 5 nitrogen and oxygen atoms in total. The van der Waals surface area contributed by atoms with Gasteiger partial charge in [-0.15, -0.1) is 0 Å². The number of benzene rings is 1. The normalized spacial score (nSPS) is 18.3. The molecule has 0 bridgehead atoms. The number of likely N-dealkylation sites (N-methyl/N-ethyl adjacent to an activating group) is 1. The van der Waals surface area contributed by atoms with Crippen molar-refractivity contribution in [3.05, 3.63) is 34.9 Å². The van der Waals surface area contributed by atoms with Crippen LogP contribution in [0.3, 0.4) is 0 Å². The average Bonchev–Trinajstić information content (AvgIpc) is 2.53. The average molecular weight is 341 g/mol. The van der Waals surface area contributed by atoms with Crippen molar-refractivity contribution >= 4 is 17.6 Å². The van der Waals surface area contributed by atoms with E-state index in [4.69, 9.17) is 16.3 Å². The minimum absolute atomic E-state index is 0.162. The van der Waals surface area contributed by atoms with E-state index >= 15 is 0 Å². The number of halogens is 1. The molecule has 1 heterocycles. The van der Waals surface area contributed by atoms with Crippen LogP contribution in [0.25, 0.3) is 0 Å². The summed E-state index contributed by atoms with van der Waals surface area (Å²) in [5, 5.41) is 13.1. The molecule has 6 heteroatoms. The first-order valence-electron chi connectivity index (χ1n) is 7.94. The van der Waals surface area contributed by atoms with E-state index in [9.17, 15) is 9.90 Å². The van der Waals surface area contributed by atoms with Crippen molar-refractivity contribution in [2.24, 2.45) is 0 Å². The molecule has 23 heavy (non-hydrogen) atoms. The van der Waals surface area contributed by atoms with Crippen LogP contribution in [0.5, 0.6) is 0 Å². The summed E-state index contributed by atoms with van der Waals surface area (Å²) < 4.78 is 5.49. The molecule has 128 valence electrons. The quantitative estimate of drug-likeness (QED) is 0.865. The van der Waals surface area contributed by atoms with Gasteiger partial charge in [-0.25, -0.2) is 4.79 Å². The Balaban J connectivity index is 2.09. The van der Waals surface area contributed by atoms with Crippen LogP contribution in [0.4, 0.5) is 4.79 Å². The third-order valence-electron chi connectivity index (χ3n) is 4.35. The van der Waals surface area contributed by atoms with Crippen LogP contribution in [0.1, 0.15) is 25.3 Å². The summed E-state index contributed by atoms with van der Waals surface area (Å²) in [6, 6.07) is 7.64. The van der Waals surface area contributed by atoms with E-state index in [2.05, 4.69) is 11.4 Å². The zero-order chi connectivity index (χ0) is 16.9. The summed E-state index contributed by atoms with van der Waals surface area (Å²) in [6.07, 6.45) is 1.14. The van der Waals surface area contributed by atoms with Crippen molar-refractivity contribution in [2.45, 2.75) is 31.3 Å². The zero-order valence-electron chi connectivity index (χ0n) is 13.7.